The molecule has 2 atom stereocenters. The number of nitrogens with zero attached hydrogens (tertiary/aromatic N) is 2. The van der Waals surface area contributed by atoms with E-state index in [4.69, 9.17) is 0 Å². The highest BCUT2D eigenvalue weighted by molar-refractivity contribution is 5.94. The zero-order valence-electron chi connectivity index (χ0n) is 14.7. The van der Waals surface area contributed by atoms with Crippen LogP contribution in [0.2, 0.25) is 0 Å². The second-order valence-electron chi connectivity index (χ2n) is 7.29. The van der Waals surface area contributed by atoms with Crippen molar-refractivity contribution in [2.24, 2.45) is 13.0 Å². The van der Waals surface area contributed by atoms with E-state index in [1.54, 1.807) is 6.07 Å². The molecule has 0 aliphatic carbocycles. The van der Waals surface area contributed by atoms with E-state index < -0.39 is 0 Å². The third-order valence-electron chi connectivity index (χ3n) is 5.95. The van der Waals surface area contributed by atoms with Crippen LogP contribution in [0.1, 0.15) is 30.3 Å². The molecule has 5 rings (SSSR count). The van der Waals surface area contributed by atoms with Gasteiger partial charge in [-0.1, -0.05) is 12.1 Å². The number of halogens is 1. The molecule has 132 valence electrons. The summed E-state index contributed by atoms with van der Waals surface area (Å²) in [5.74, 6) is 0.258. The average molecular weight is 341 g/mol. The first-order chi connectivity index (χ1) is 12.0. The van der Waals surface area contributed by atoms with Gasteiger partial charge in [-0.15, -0.1) is 0 Å². The topological polar surface area (TPSA) is 37.3 Å². The maximum Gasteiger partial charge on any atom is 0.268 e. The molecule has 1 aromatic carbocycles. The van der Waals surface area contributed by atoms with Gasteiger partial charge in [-0.2, -0.15) is 0 Å². The molecule has 0 saturated carbocycles. The maximum atomic E-state index is 13.5. The van der Waals surface area contributed by atoms with Crippen LogP contribution in [0.3, 0.4) is 0 Å². The number of hydrogen-bond donors (Lipinski definition) is 1. The van der Waals surface area contributed by atoms with Crippen molar-refractivity contribution in [2.45, 2.75) is 31.8 Å². The first-order valence-corrected chi connectivity index (χ1v) is 9.01. The van der Waals surface area contributed by atoms with Crippen molar-refractivity contribution < 1.29 is 9.18 Å². The van der Waals surface area contributed by atoms with Gasteiger partial charge in [0.1, 0.15) is 11.5 Å². The molecule has 3 aliphatic rings. The second kappa shape index (κ2) is 6.30. The fourth-order valence-corrected chi connectivity index (χ4v) is 4.45. The maximum absolute atomic E-state index is 13.5. The molecule has 0 unspecified atom stereocenters. The summed E-state index contributed by atoms with van der Waals surface area (Å²) in [5.41, 5.74) is 2.23. The fraction of sp³-hybridized carbons (Fsp3) is 0.450. The van der Waals surface area contributed by atoms with Crippen LogP contribution in [0.5, 0.6) is 0 Å². The van der Waals surface area contributed by atoms with E-state index in [0.29, 0.717) is 17.7 Å². The van der Waals surface area contributed by atoms with E-state index in [0.717, 1.165) is 37.2 Å². The zero-order valence-corrected chi connectivity index (χ0v) is 14.7. The molecule has 1 aromatic heterocycles. The number of carbonyl (C=O) groups excluding carboxylic acids is 1. The number of carbonyl (C=O) groups is 1. The van der Waals surface area contributed by atoms with Crippen LogP contribution in [0.25, 0.3) is 11.3 Å². The molecule has 3 saturated heterocycles. The van der Waals surface area contributed by atoms with Crippen LogP contribution >= 0.6 is 0 Å². The number of nitrogens with one attached hydrogen (secondary N) is 1. The van der Waals surface area contributed by atoms with Gasteiger partial charge in [-0.3, -0.25) is 9.69 Å². The van der Waals surface area contributed by atoms with E-state index in [1.807, 2.05) is 29.8 Å². The largest absolute Gasteiger partial charge is 0.346 e. The lowest BCUT2D eigenvalue weighted by Crippen LogP contribution is -2.62. The highest BCUT2D eigenvalue weighted by Crippen LogP contribution is 2.32. The van der Waals surface area contributed by atoms with Crippen LogP contribution < -0.4 is 5.32 Å². The zero-order chi connectivity index (χ0) is 17.6. The van der Waals surface area contributed by atoms with E-state index in [2.05, 4.69) is 17.1 Å². The number of hydrogen-bond acceptors (Lipinski definition) is 2. The fourth-order valence-electron chi connectivity index (χ4n) is 4.45. The van der Waals surface area contributed by atoms with Gasteiger partial charge in [-0.05, 0) is 63.0 Å². The van der Waals surface area contributed by atoms with Crippen LogP contribution in [-0.2, 0) is 7.05 Å². The summed E-state index contributed by atoms with van der Waals surface area (Å²) < 4.78 is 15.3. The lowest BCUT2D eigenvalue weighted by atomic mass is 9.79. The highest BCUT2D eigenvalue weighted by Gasteiger charge is 2.40. The summed E-state index contributed by atoms with van der Waals surface area (Å²) in [7, 11) is 1.86. The van der Waals surface area contributed by atoms with Gasteiger partial charge >= 0.3 is 0 Å². The van der Waals surface area contributed by atoms with E-state index in [9.17, 15) is 9.18 Å². The monoisotopic (exact) mass is 341 g/mol. The Bertz CT molecular complexity index is 790. The first-order valence-electron chi connectivity index (χ1n) is 9.01. The van der Waals surface area contributed by atoms with Gasteiger partial charge in [0.15, 0.2) is 0 Å². The third kappa shape index (κ3) is 2.86. The van der Waals surface area contributed by atoms with Crippen molar-refractivity contribution >= 4 is 5.91 Å². The highest BCUT2D eigenvalue weighted by atomic mass is 19.1. The Hall–Kier alpha value is -2.14. The van der Waals surface area contributed by atoms with Crippen LogP contribution in [-0.4, -0.2) is 40.5 Å². The van der Waals surface area contributed by atoms with Gasteiger partial charge in [0.25, 0.3) is 5.91 Å². The summed E-state index contributed by atoms with van der Waals surface area (Å²) in [6.07, 6.45) is 2.33. The first kappa shape index (κ1) is 16.3. The minimum Gasteiger partial charge on any atom is -0.346 e. The minimum absolute atomic E-state index is 0.0456. The van der Waals surface area contributed by atoms with Crippen molar-refractivity contribution in [3.05, 3.63) is 47.9 Å². The van der Waals surface area contributed by atoms with Gasteiger partial charge in [0, 0.05) is 30.4 Å². The average Bonchev–Trinajstić information content (AvgIpc) is 3.00. The summed E-state index contributed by atoms with van der Waals surface area (Å²) >= 11 is 0. The molecular formula is C20H24FN3O. The van der Waals surface area contributed by atoms with Crippen molar-refractivity contribution in [1.29, 1.82) is 0 Å². The van der Waals surface area contributed by atoms with Crippen LogP contribution in [0.15, 0.2) is 36.4 Å². The molecule has 25 heavy (non-hydrogen) atoms. The molecule has 1 N–H and O–H groups in total. The third-order valence-corrected chi connectivity index (χ3v) is 5.95. The summed E-state index contributed by atoms with van der Waals surface area (Å²) in [5, 5.41) is 3.26. The van der Waals surface area contributed by atoms with Gasteiger partial charge in [0.05, 0.1) is 0 Å². The quantitative estimate of drug-likeness (QED) is 0.932. The molecule has 0 spiro atoms. The number of benzene rings is 1. The van der Waals surface area contributed by atoms with E-state index in [1.165, 1.54) is 12.1 Å². The van der Waals surface area contributed by atoms with Crippen LogP contribution in [0.4, 0.5) is 4.39 Å². The Morgan fingerprint density at radius 3 is 2.64 bits per heavy atom. The molecule has 3 aliphatic heterocycles. The number of rotatable bonds is 3. The Balaban J connectivity index is 1.55. The molecule has 4 nitrogen and oxygen atoms in total. The summed E-state index contributed by atoms with van der Waals surface area (Å²) in [6, 6.07) is 10.8. The van der Waals surface area contributed by atoms with Gasteiger partial charge in [-0.25, -0.2) is 4.39 Å². The van der Waals surface area contributed by atoms with Gasteiger partial charge < -0.3 is 9.88 Å². The molecule has 2 bridgehead atoms. The van der Waals surface area contributed by atoms with Crippen molar-refractivity contribution in [3.8, 4) is 11.3 Å². The Kier molecular flexibility index (Phi) is 4.12. The van der Waals surface area contributed by atoms with Crippen molar-refractivity contribution in [2.75, 3.05) is 13.1 Å². The van der Waals surface area contributed by atoms with Crippen LogP contribution in [0, 0.1) is 11.7 Å². The smallest absolute Gasteiger partial charge is 0.268 e. The molecule has 5 heteroatoms. The lowest BCUT2D eigenvalue weighted by molar-refractivity contribution is 0.0215. The Morgan fingerprint density at radius 1 is 1.20 bits per heavy atom. The second-order valence-corrected chi connectivity index (χ2v) is 7.29. The number of aromatic nitrogens is 1. The SMILES string of the molecule is C[C@H]1[C@H](NC(=O)c2ccc(-c3cccc(F)c3)n2C)C2CCN1CC2. The lowest BCUT2D eigenvalue weighted by Gasteiger charge is -2.49. The number of fused-ring (bicyclic) bond motifs is 3. The summed E-state index contributed by atoms with van der Waals surface area (Å²) in [4.78, 5) is 15.3. The Morgan fingerprint density at radius 2 is 1.96 bits per heavy atom. The summed E-state index contributed by atoms with van der Waals surface area (Å²) in [6.45, 7) is 4.50. The standard InChI is InChI=1S/C20H24FN3O/c1-13-19(14-8-10-24(13)11-9-14)22-20(25)18-7-6-17(23(18)2)15-4-3-5-16(21)12-15/h3-7,12-14,19H,8-11H2,1-2H3,(H,22,25)/t13-,19-/m0/s1. The number of amides is 1. The number of piperidine rings is 3. The molecular weight excluding hydrogens is 317 g/mol. The predicted molar refractivity (Wildman–Crippen MR) is 95.8 cm³/mol. The van der Waals surface area contributed by atoms with E-state index >= 15 is 0 Å². The van der Waals surface area contributed by atoms with Crippen molar-refractivity contribution in [3.63, 3.8) is 0 Å². The predicted octanol–water partition coefficient (Wildman–Crippen LogP) is 3.04. The Labute approximate surface area is 147 Å². The molecule has 1 amide bonds. The van der Waals surface area contributed by atoms with Crippen molar-refractivity contribution in [1.82, 2.24) is 14.8 Å². The van der Waals surface area contributed by atoms with Gasteiger partial charge in [0.2, 0.25) is 0 Å². The molecule has 0 radical (unpaired) electrons. The van der Waals surface area contributed by atoms with E-state index in [-0.39, 0.29) is 17.8 Å². The normalized spacial score (nSPS) is 28.1. The molecule has 4 heterocycles. The molecule has 2 aromatic rings. The minimum atomic E-state index is -0.272. The molecule has 3 fully saturated rings.